The Hall–Kier alpha value is -2.87. The number of amides is 2. The molecule has 29 heavy (non-hydrogen) atoms. The topological polar surface area (TPSA) is 75.7 Å². The lowest BCUT2D eigenvalue weighted by Crippen LogP contribution is -2.31. The fourth-order valence-electron chi connectivity index (χ4n) is 3.02. The van der Waals surface area contributed by atoms with Crippen molar-refractivity contribution in [3.05, 3.63) is 59.9 Å². The van der Waals surface area contributed by atoms with Crippen LogP contribution in [0.4, 0.5) is 10.1 Å². The van der Waals surface area contributed by atoms with Gasteiger partial charge < -0.3 is 15.0 Å². The Morgan fingerprint density at radius 3 is 2.62 bits per heavy atom. The van der Waals surface area contributed by atoms with Crippen molar-refractivity contribution < 1.29 is 23.5 Å². The molecule has 1 atom stereocenters. The third kappa shape index (κ3) is 5.35. The average Bonchev–Trinajstić information content (AvgIpc) is 3.13. The monoisotopic (exact) mass is 416 g/mol. The van der Waals surface area contributed by atoms with Gasteiger partial charge in [-0.3, -0.25) is 14.4 Å². The van der Waals surface area contributed by atoms with Gasteiger partial charge in [-0.2, -0.15) is 0 Å². The van der Waals surface area contributed by atoms with Crippen LogP contribution in [0.3, 0.4) is 0 Å². The first kappa shape index (κ1) is 20.9. The molecule has 6 nitrogen and oxygen atoms in total. The molecule has 1 aliphatic rings. The van der Waals surface area contributed by atoms with Crippen molar-refractivity contribution in [3.8, 4) is 0 Å². The fraction of sp³-hybridized carbons (Fsp3) is 0.286. The first-order valence-corrected chi connectivity index (χ1v) is 10.3. The second kappa shape index (κ2) is 9.56. The van der Waals surface area contributed by atoms with Crippen molar-refractivity contribution in [2.24, 2.45) is 5.92 Å². The maximum Gasteiger partial charge on any atom is 0.311 e. The van der Waals surface area contributed by atoms with Crippen LogP contribution in [0.15, 0.2) is 53.4 Å². The van der Waals surface area contributed by atoms with E-state index in [2.05, 4.69) is 5.32 Å². The predicted molar refractivity (Wildman–Crippen MR) is 108 cm³/mol. The first-order valence-electron chi connectivity index (χ1n) is 9.09. The van der Waals surface area contributed by atoms with Crippen LogP contribution in [0, 0.1) is 11.7 Å². The van der Waals surface area contributed by atoms with Gasteiger partial charge in [0.2, 0.25) is 5.91 Å². The van der Waals surface area contributed by atoms with Crippen molar-refractivity contribution in [1.82, 2.24) is 5.32 Å². The molecular formula is C21H21FN2O4S. The van der Waals surface area contributed by atoms with Crippen LogP contribution in [0.1, 0.15) is 12.0 Å². The predicted octanol–water partition coefficient (Wildman–Crippen LogP) is 2.76. The number of hydrogen-bond acceptors (Lipinski definition) is 5. The van der Waals surface area contributed by atoms with Crippen molar-refractivity contribution in [1.29, 1.82) is 0 Å². The average molecular weight is 416 g/mol. The Morgan fingerprint density at radius 1 is 1.21 bits per heavy atom. The number of esters is 1. The quantitative estimate of drug-likeness (QED) is 0.555. The number of rotatable bonds is 7. The van der Waals surface area contributed by atoms with Gasteiger partial charge in [-0.1, -0.05) is 18.2 Å². The zero-order valence-corrected chi connectivity index (χ0v) is 16.7. The second-order valence-electron chi connectivity index (χ2n) is 6.58. The standard InChI is InChI=1S/C21H21FN2O4S/c1-29-17-8-6-16(7-9-17)24-12-15(10-20(24)26)21(27)28-13-19(25)23-11-14-4-2-3-5-18(14)22/h2-9,15H,10-13H2,1H3,(H,23,25). The van der Waals surface area contributed by atoms with Crippen LogP contribution >= 0.6 is 11.8 Å². The van der Waals surface area contributed by atoms with Crippen LogP contribution < -0.4 is 10.2 Å². The summed E-state index contributed by atoms with van der Waals surface area (Å²) in [5.41, 5.74) is 1.07. The van der Waals surface area contributed by atoms with Gasteiger partial charge in [0, 0.05) is 35.7 Å². The normalized spacial score (nSPS) is 16.0. The highest BCUT2D eigenvalue weighted by molar-refractivity contribution is 7.98. The lowest BCUT2D eigenvalue weighted by atomic mass is 10.1. The highest BCUT2D eigenvalue weighted by Crippen LogP contribution is 2.27. The fourth-order valence-corrected chi connectivity index (χ4v) is 3.43. The van der Waals surface area contributed by atoms with Crippen LogP contribution in [-0.4, -0.2) is 37.2 Å². The van der Waals surface area contributed by atoms with Gasteiger partial charge >= 0.3 is 5.97 Å². The van der Waals surface area contributed by atoms with Crippen molar-refractivity contribution in [3.63, 3.8) is 0 Å². The summed E-state index contributed by atoms with van der Waals surface area (Å²) < 4.78 is 18.6. The van der Waals surface area contributed by atoms with Crippen LogP contribution in [0.2, 0.25) is 0 Å². The van der Waals surface area contributed by atoms with E-state index in [0.717, 1.165) is 10.6 Å². The summed E-state index contributed by atoms with van der Waals surface area (Å²) in [6.45, 7) is -0.252. The molecule has 1 unspecified atom stereocenters. The maximum atomic E-state index is 13.5. The Kier molecular flexibility index (Phi) is 6.87. The summed E-state index contributed by atoms with van der Waals surface area (Å²) in [4.78, 5) is 39.0. The van der Waals surface area contributed by atoms with E-state index in [4.69, 9.17) is 4.74 Å². The zero-order chi connectivity index (χ0) is 20.8. The molecule has 2 aromatic rings. The van der Waals surface area contributed by atoms with Gasteiger partial charge in [0.25, 0.3) is 5.91 Å². The Bertz CT molecular complexity index is 904. The van der Waals surface area contributed by atoms with Gasteiger partial charge in [0.1, 0.15) is 5.82 Å². The minimum atomic E-state index is -0.623. The number of thioether (sulfide) groups is 1. The van der Waals surface area contributed by atoms with Crippen molar-refractivity contribution >= 4 is 35.2 Å². The van der Waals surface area contributed by atoms with E-state index >= 15 is 0 Å². The second-order valence-corrected chi connectivity index (χ2v) is 7.46. The summed E-state index contributed by atoms with van der Waals surface area (Å²) >= 11 is 1.60. The van der Waals surface area contributed by atoms with Gasteiger partial charge in [0.05, 0.1) is 5.92 Å². The summed E-state index contributed by atoms with van der Waals surface area (Å²) in [5, 5.41) is 2.50. The van der Waals surface area contributed by atoms with Crippen LogP contribution in [0.5, 0.6) is 0 Å². The van der Waals surface area contributed by atoms with E-state index in [9.17, 15) is 18.8 Å². The summed E-state index contributed by atoms with van der Waals surface area (Å²) in [7, 11) is 0. The van der Waals surface area contributed by atoms with Gasteiger partial charge in [-0.15, -0.1) is 11.8 Å². The van der Waals surface area contributed by atoms with Gasteiger partial charge in [-0.25, -0.2) is 4.39 Å². The van der Waals surface area contributed by atoms with E-state index in [-0.39, 0.29) is 25.4 Å². The number of benzene rings is 2. The molecule has 0 radical (unpaired) electrons. The number of hydrogen-bond donors (Lipinski definition) is 1. The van der Waals surface area contributed by atoms with E-state index in [1.807, 2.05) is 30.5 Å². The maximum absolute atomic E-state index is 13.5. The number of halogens is 1. The molecule has 1 heterocycles. The van der Waals surface area contributed by atoms with E-state index in [1.54, 1.807) is 34.9 Å². The lowest BCUT2D eigenvalue weighted by molar-refractivity contribution is -0.152. The highest BCUT2D eigenvalue weighted by Gasteiger charge is 2.36. The van der Waals surface area contributed by atoms with E-state index < -0.39 is 30.2 Å². The van der Waals surface area contributed by atoms with E-state index in [1.165, 1.54) is 6.07 Å². The number of nitrogens with one attached hydrogen (secondary N) is 1. The summed E-state index contributed by atoms with van der Waals surface area (Å²) in [6.07, 6.45) is 2.01. The number of carbonyl (C=O) groups is 3. The molecule has 3 rings (SSSR count). The summed E-state index contributed by atoms with van der Waals surface area (Å²) in [5.74, 6) is -2.33. The molecular weight excluding hydrogens is 395 g/mol. The summed E-state index contributed by atoms with van der Waals surface area (Å²) in [6, 6.07) is 13.6. The Balaban J connectivity index is 1.47. The molecule has 2 aromatic carbocycles. The Labute approximate surface area is 172 Å². The molecule has 152 valence electrons. The largest absolute Gasteiger partial charge is 0.455 e. The number of anilines is 1. The minimum Gasteiger partial charge on any atom is -0.455 e. The van der Waals surface area contributed by atoms with Crippen LogP contribution in [0.25, 0.3) is 0 Å². The zero-order valence-electron chi connectivity index (χ0n) is 15.9. The third-order valence-corrected chi connectivity index (χ3v) is 5.37. The smallest absolute Gasteiger partial charge is 0.311 e. The third-order valence-electron chi connectivity index (χ3n) is 4.62. The number of ether oxygens (including phenoxy) is 1. The van der Waals surface area contributed by atoms with Crippen LogP contribution in [-0.2, 0) is 25.7 Å². The molecule has 0 bridgehead atoms. The molecule has 1 N–H and O–H groups in total. The number of nitrogens with zero attached hydrogens (tertiary/aromatic N) is 1. The van der Waals surface area contributed by atoms with Crippen molar-refractivity contribution in [2.45, 2.75) is 17.9 Å². The molecule has 0 saturated carbocycles. The minimum absolute atomic E-state index is 0.00475. The van der Waals surface area contributed by atoms with E-state index in [0.29, 0.717) is 5.56 Å². The first-order chi connectivity index (χ1) is 14.0. The molecule has 0 spiro atoms. The SMILES string of the molecule is CSc1ccc(N2CC(C(=O)OCC(=O)NCc3ccccc3F)CC2=O)cc1. The molecule has 1 aliphatic heterocycles. The molecule has 0 aliphatic carbocycles. The number of carbonyl (C=O) groups excluding carboxylic acids is 3. The molecule has 1 fully saturated rings. The van der Waals surface area contributed by atoms with Gasteiger partial charge in [-0.05, 0) is 36.6 Å². The molecule has 8 heteroatoms. The molecule has 2 amide bonds. The lowest BCUT2D eigenvalue weighted by Gasteiger charge is -2.16. The highest BCUT2D eigenvalue weighted by atomic mass is 32.2. The van der Waals surface area contributed by atoms with Crippen molar-refractivity contribution in [2.75, 3.05) is 24.3 Å². The Morgan fingerprint density at radius 2 is 1.93 bits per heavy atom. The van der Waals surface area contributed by atoms with Gasteiger partial charge in [0.15, 0.2) is 6.61 Å². The molecule has 0 aromatic heterocycles. The molecule has 1 saturated heterocycles.